The van der Waals surface area contributed by atoms with Gasteiger partial charge in [-0.25, -0.2) is 0 Å². The van der Waals surface area contributed by atoms with Crippen LogP contribution in [0.3, 0.4) is 0 Å². The van der Waals surface area contributed by atoms with Gasteiger partial charge in [-0.05, 0) is 73.1 Å². The van der Waals surface area contributed by atoms with Gasteiger partial charge in [-0.2, -0.15) is 0 Å². The second-order valence-electron chi connectivity index (χ2n) is 14.4. The molecule has 5 aromatic rings. The first-order valence-corrected chi connectivity index (χ1v) is 20.9. The molecule has 2 aliphatic rings. The highest BCUT2D eigenvalue weighted by Gasteiger charge is 2.66. The number of carbonyl (C=O) groups excluding carboxylic acids is 2. The van der Waals surface area contributed by atoms with Gasteiger partial charge in [0.1, 0.15) is 5.75 Å². The maximum Gasteiger partial charge on any atom is 0.264 e. The van der Waals surface area contributed by atoms with E-state index in [1.807, 2.05) is 116 Å². The van der Waals surface area contributed by atoms with Gasteiger partial charge in [-0.15, -0.1) is 5.10 Å². The maximum atomic E-state index is 16.5. The summed E-state index contributed by atoms with van der Waals surface area (Å²) in [4.78, 5) is 30.2. The van der Waals surface area contributed by atoms with Crippen molar-refractivity contribution in [2.45, 2.75) is 62.7 Å². The van der Waals surface area contributed by atoms with Gasteiger partial charge in [0, 0.05) is 41.1 Å². The summed E-state index contributed by atoms with van der Waals surface area (Å²) in [6.07, 6.45) is 2.44. The van der Waals surface area contributed by atoms with Crippen LogP contribution in [0, 0.1) is 5.92 Å². The number of benzene rings is 4. The lowest BCUT2D eigenvalue weighted by Crippen LogP contribution is -2.45. The normalized spacial score (nSPS) is 21.5. The Bertz CT molecular complexity index is 2060. The Morgan fingerprint density at radius 2 is 1.70 bits per heavy atom. The number of aliphatic hydroxyl groups excluding tert-OH is 1. The second-order valence-corrected chi connectivity index (χ2v) is 18.2. The summed E-state index contributed by atoms with van der Waals surface area (Å²) in [5, 5.41) is 18.9. The summed E-state index contributed by atoms with van der Waals surface area (Å²) in [6.45, 7) is 5.84. The number of aliphatic hydroxyl groups is 1. The second kappa shape index (κ2) is 14.7. The molecule has 10 nitrogen and oxygen atoms in total. The summed E-state index contributed by atoms with van der Waals surface area (Å²) in [5.74, 6) is -0.450. The topological polar surface area (TPSA) is 110 Å². The number of amides is 2. The molecule has 53 heavy (non-hydrogen) atoms. The third kappa shape index (κ3) is 6.66. The van der Waals surface area contributed by atoms with Crippen molar-refractivity contribution in [3.05, 3.63) is 132 Å². The lowest BCUT2D eigenvalue weighted by atomic mass is 9.82. The highest BCUT2D eigenvalue weighted by atomic mass is 28.4. The van der Waals surface area contributed by atoms with Crippen molar-refractivity contribution >= 4 is 37.8 Å². The van der Waals surface area contributed by atoms with E-state index in [2.05, 4.69) is 10.3 Å². The lowest BCUT2D eigenvalue weighted by Gasteiger charge is -2.31. The van der Waals surface area contributed by atoms with Crippen molar-refractivity contribution < 1.29 is 28.3 Å². The van der Waals surface area contributed by atoms with Crippen LogP contribution < -0.4 is 14.5 Å². The quantitative estimate of drug-likeness (QED) is 0.0780. The van der Waals surface area contributed by atoms with Crippen LogP contribution in [0.5, 0.6) is 5.75 Å². The smallest absolute Gasteiger partial charge is 0.264 e. The van der Waals surface area contributed by atoms with Gasteiger partial charge in [0.25, 0.3) is 5.91 Å². The molecule has 1 spiro atoms. The van der Waals surface area contributed by atoms with Gasteiger partial charge >= 0.3 is 0 Å². The van der Waals surface area contributed by atoms with Crippen molar-refractivity contribution in [1.29, 1.82) is 0 Å². The van der Waals surface area contributed by atoms with Crippen molar-refractivity contribution in [3.8, 4) is 5.75 Å². The van der Waals surface area contributed by atoms with Crippen molar-refractivity contribution in [2.24, 2.45) is 5.92 Å². The standard InChI is InChI=1S/C41H44FN5O5Si/c1-28-39(53(3,4)42)38(21-22-45-25-36(43-44-45)34(26-48)30-11-7-5-8-12-30)52-41(28)35-23-33(51-2)19-20-37(35)46(40(41)50)24-29-15-17-32(18-16-29)47(27-49)31-13-9-6-10-14-31/h5-20,23,25,27-28,34,38-39,48H,21-22,24,26H2,1-4H3/t28-,34?,38+,39-,41+/m1/s1. The summed E-state index contributed by atoms with van der Waals surface area (Å²) >= 11 is 0. The molecule has 1 fully saturated rings. The number of anilines is 3. The number of nitrogens with zero attached hydrogens (tertiary/aromatic N) is 5. The summed E-state index contributed by atoms with van der Waals surface area (Å²) < 4.78 is 30.7. The fraction of sp³-hybridized carbons (Fsp3) is 0.317. The summed E-state index contributed by atoms with van der Waals surface area (Å²) in [6, 6.07) is 32.1. The van der Waals surface area contributed by atoms with Crippen molar-refractivity contribution in [2.75, 3.05) is 23.5 Å². The van der Waals surface area contributed by atoms with Crippen molar-refractivity contribution in [3.63, 3.8) is 0 Å². The van der Waals surface area contributed by atoms with E-state index in [0.29, 0.717) is 41.3 Å². The van der Waals surface area contributed by atoms with E-state index in [-0.39, 0.29) is 25.0 Å². The fourth-order valence-corrected chi connectivity index (χ4v) is 10.8. The van der Waals surface area contributed by atoms with Crippen LogP contribution in [-0.2, 0) is 33.0 Å². The number of carbonyl (C=O) groups is 2. The first-order valence-electron chi connectivity index (χ1n) is 17.9. The molecular formula is C41H44FN5O5Si. The number of hydrogen-bond acceptors (Lipinski definition) is 7. The number of methoxy groups -OCH3 is 1. The maximum absolute atomic E-state index is 16.5. The number of aryl methyl sites for hydroxylation is 1. The Hall–Kier alpha value is -5.17. The van der Waals surface area contributed by atoms with Crippen LogP contribution in [0.4, 0.5) is 21.2 Å². The SMILES string of the molecule is COc1ccc2c(c1)[C@]1(O[C@@H](CCn3cc(C(CO)c4ccccc4)nn3)[C@H]([Si](C)(C)F)[C@H]1C)C(=O)N2Cc1ccc(N(C=O)c2ccccc2)cc1. The molecule has 12 heteroatoms. The zero-order valence-corrected chi connectivity index (χ0v) is 31.3. The van der Waals surface area contributed by atoms with E-state index in [1.54, 1.807) is 34.7 Å². The number of aromatic nitrogens is 3. The molecule has 0 saturated carbocycles. The Morgan fingerprint density at radius 3 is 2.34 bits per heavy atom. The van der Waals surface area contributed by atoms with E-state index in [1.165, 1.54) is 0 Å². The Morgan fingerprint density at radius 1 is 1.02 bits per heavy atom. The summed E-state index contributed by atoms with van der Waals surface area (Å²) in [7, 11) is -1.82. The molecule has 2 aliphatic heterocycles. The number of para-hydroxylation sites is 1. The molecule has 0 bridgehead atoms. The zero-order valence-electron chi connectivity index (χ0n) is 30.3. The molecule has 1 saturated heterocycles. The van der Waals surface area contributed by atoms with Crippen LogP contribution in [0.15, 0.2) is 109 Å². The molecule has 5 atom stereocenters. The van der Waals surface area contributed by atoms with Gasteiger partial charge in [0.05, 0.1) is 43.7 Å². The minimum absolute atomic E-state index is 0.116. The van der Waals surface area contributed by atoms with Crippen LogP contribution in [-0.4, -0.2) is 60.6 Å². The van der Waals surface area contributed by atoms with Gasteiger partial charge in [-0.3, -0.25) is 19.2 Å². The van der Waals surface area contributed by atoms with Crippen LogP contribution in [0.25, 0.3) is 0 Å². The Kier molecular flexibility index (Phi) is 10.0. The van der Waals surface area contributed by atoms with Gasteiger partial charge in [0.15, 0.2) is 5.60 Å². The fourth-order valence-electron chi connectivity index (χ4n) is 8.28. The van der Waals surface area contributed by atoms with Gasteiger partial charge in [-0.1, -0.05) is 72.8 Å². The third-order valence-corrected chi connectivity index (χ3v) is 13.3. The van der Waals surface area contributed by atoms with Crippen LogP contribution in [0.1, 0.15) is 41.6 Å². The van der Waals surface area contributed by atoms with Crippen LogP contribution in [0.2, 0.25) is 18.6 Å². The highest BCUT2D eigenvalue weighted by Crippen LogP contribution is 2.60. The predicted octanol–water partition coefficient (Wildman–Crippen LogP) is 7.12. The van der Waals surface area contributed by atoms with Gasteiger partial charge < -0.3 is 23.6 Å². The lowest BCUT2D eigenvalue weighted by molar-refractivity contribution is -0.146. The molecule has 1 aromatic heterocycles. The molecular weight excluding hydrogens is 690 g/mol. The molecule has 7 rings (SSSR count). The molecule has 0 radical (unpaired) electrons. The summed E-state index contributed by atoms with van der Waals surface area (Å²) in [5.41, 5.74) is 3.34. The average Bonchev–Trinajstić information content (AvgIpc) is 3.82. The van der Waals surface area contributed by atoms with Crippen LogP contribution >= 0.6 is 0 Å². The first-order chi connectivity index (χ1) is 25.6. The van der Waals surface area contributed by atoms with E-state index in [4.69, 9.17) is 9.47 Å². The molecule has 1 N–H and O–H groups in total. The monoisotopic (exact) mass is 733 g/mol. The largest absolute Gasteiger partial charge is 0.497 e. The third-order valence-electron chi connectivity index (χ3n) is 10.8. The molecule has 274 valence electrons. The average molecular weight is 734 g/mol. The first kappa shape index (κ1) is 36.2. The molecule has 2 amide bonds. The molecule has 3 heterocycles. The minimum atomic E-state index is -3.40. The number of fused-ring (bicyclic) bond motifs is 2. The van der Waals surface area contributed by atoms with Gasteiger partial charge in [0.2, 0.25) is 14.8 Å². The predicted molar refractivity (Wildman–Crippen MR) is 203 cm³/mol. The van der Waals surface area contributed by atoms with Crippen molar-refractivity contribution in [1.82, 2.24) is 15.0 Å². The molecule has 0 aliphatic carbocycles. The molecule has 1 unspecified atom stereocenters. The Labute approximate surface area is 310 Å². The Balaban J connectivity index is 1.16. The zero-order chi connectivity index (χ0) is 37.3. The number of hydrogen-bond donors (Lipinski definition) is 1. The van der Waals surface area contributed by atoms with E-state index in [0.717, 1.165) is 23.2 Å². The van der Waals surface area contributed by atoms with E-state index < -0.39 is 31.6 Å². The highest BCUT2D eigenvalue weighted by molar-refractivity contribution is 6.72. The number of ether oxygens (including phenoxy) is 2. The van der Waals surface area contributed by atoms with E-state index >= 15 is 4.11 Å². The minimum Gasteiger partial charge on any atom is -0.497 e. The number of halogens is 1. The molecule has 4 aromatic carbocycles. The number of rotatable bonds is 13. The van der Waals surface area contributed by atoms with E-state index in [9.17, 15) is 14.7 Å².